The number of benzene rings is 1. The van der Waals surface area contributed by atoms with Crippen LogP contribution >= 0.6 is 11.6 Å². The zero-order chi connectivity index (χ0) is 11.9. The lowest BCUT2D eigenvalue weighted by Crippen LogP contribution is -2.29. The molecule has 0 aliphatic carbocycles. The molecule has 0 saturated carbocycles. The van der Waals surface area contributed by atoms with Crippen LogP contribution < -0.4 is 4.73 Å². The first-order valence-corrected chi connectivity index (χ1v) is 5.04. The summed E-state index contributed by atoms with van der Waals surface area (Å²) >= 11 is 5.85. The molecule has 1 aromatic carbocycles. The minimum atomic E-state index is -0.578. The zero-order valence-corrected chi connectivity index (χ0v) is 9.51. The lowest BCUT2D eigenvalue weighted by Gasteiger charge is -2.01. The third kappa shape index (κ3) is 1.55. The standard InChI is InChI=1S/C11H9ClFNO2/c1-6-7(2)16-11(14(6)15)10-8(12)4-3-5-9(10)13/h3-5H,1-2H3. The zero-order valence-electron chi connectivity index (χ0n) is 8.75. The van der Waals surface area contributed by atoms with Crippen molar-refractivity contribution in [1.82, 2.24) is 0 Å². The molecule has 0 N–H and O–H groups in total. The minimum Gasteiger partial charge on any atom is -0.616 e. The highest BCUT2D eigenvalue weighted by Gasteiger charge is 2.25. The van der Waals surface area contributed by atoms with Crippen molar-refractivity contribution < 1.29 is 13.5 Å². The Morgan fingerprint density at radius 2 is 2.06 bits per heavy atom. The van der Waals surface area contributed by atoms with Gasteiger partial charge in [-0.1, -0.05) is 17.7 Å². The summed E-state index contributed by atoms with van der Waals surface area (Å²) in [5, 5.41) is 11.8. The normalized spacial score (nSPS) is 10.8. The molecule has 0 spiro atoms. The summed E-state index contributed by atoms with van der Waals surface area (Å²) in [4.78, 5) is 0. The smallest absolute Gasteiger partial charge is 0.397 e. The van der Waals surface area contributed by atoms with Gasteiger partial charge in [-0.25, -0.2) is 4.39 Å². The average Bonchev–Trinajstić information content (AvgIpc) is 2.47. The average molecular weight is 242 g/mol. The molecule has 2 aromatic rings. The summed E-state index contributed by atoms with van der Waals surface area (Å²) < 4.78 is 19.3. The van der Waals surface area contributed by atoms with Gasteiger partial charge in [0.25, 0.3) is 0 Å². The lowest BCUT2D eigenvalue weighted by atomic mass is 10.2. The molecular formula is C11H9ClFNO2. The van der Waals surface area contributed by atoms with Gasteiger partial charge in [0.05, 0.1) is 5.02 Å². The van der Waals surface area contributed by atoms with Crippen LogP contribution in [-0.2, 0) is 0 Å². The van der Waals surface area contributed by atoms with Gasteiger partial charge in [-0.3, -0.25) is 0 Å². The van der Waals surface area contributed by atoms with E-state index in [0.717, 1.165) is 0 Å². The first kappa shape index (κ1) is 11.0. The number of rotatable bonds is 1. The second kappa shape index (κ2) is 3.79. The fourth-order valence-electron chi connectivity index (χ4n) is 1.41. The maximum atomic E-state index is 13.6. The van der Waals surface area contributed by atoms with Gasteiger partial charge in [0.2, 0.25) is 5.69 Å². The number of hydrogen-bond acceptors (Lipinski definition) is 2. The topological polar surface area (TPSA) is 40.1 Å². The van der Waals surface area contributed by atoms with E-state index in [2.05, 4.69) is 0 Å². The minimum absolute atomic E-state index is 0.00429. The van der Waals surface area contributed by atoms with Crippen molar-refractivity contribution in [2.75, 3.05) is 0 Å². The van der Waals surface area contributed by atoms with E-state index in [0.29, 0.717) is 16.2 Å². The molecule has 84 valence electrons. The predicted molar refractivity (Wildman–Crippen MR) is 57.5 cm³/mol. The summed E-state index contributed by atoms with van der Waals surface area (Å²) in [5.74, 6) is -0.242. The molecule has 2 rings (SSSR count). The van der Waals surface area contributed by atoms with Gasteiger partial charge in [-0.2, -0.15) is 0 Å². The van der Waals surface area contributed by atoms with E-state index < -0.39 is 5.82 Å². The highest BCUT2D eigenvalue weighted by Crippen LogP contribution is 2.29. The second-order valence-electron chi connectivity index (χ2n) is 3.44. The monoisotopic (exact) mass is 241 g/mol. The van der Waals surface area contributed by atoms with Crippen LogP contribution in [0.1, 0.15) is 11.5 Å². The van der Waals surface area contributed by atoms with Crippen LogP contribution in [-0.4, -0.2) is 0 Å². The molecule has 0 unspecified atom stereocenters. The van der Waals surface area contributed by atoms with E-state index in [9.17, 15) is 9.60 Å². The Morgan fingerprint density at radius 3 is 2.56 bits per heavy atom. The maximum absolute atomic E-state index is 13.6. The summed E-state index contributed by atoms with van der Waals surface area (Å²) in [6.45, 7) is 3.24. The molecule has 0 atom stereocenters. The Kier molecular flexibility index (Phi) is 2.59. The van der Waals surface area contributed by atoms with E-state index in [1.54, 1.807) is 13.8 Å². The Labute approximate surface area is 96.7 Å². The Bertz CT molecular complexity index is 531. The molecule has 0 fully saturated rings. The van der Waals surface area contributed by atoms with Crippen molar-refractivity contribution in [2.45, 2.75) is 13.8 Å². The van der Waals surface area contributed by atoms with Crippen LogP contribution in [0.4, 0.5) is 4.39 Å². The van der Waals surface area contributed by atoms with Gasteiger partial charge >= 0.3 is 5.89 Å². The molecule has 0 amide bonds. The quantitative estimate of drug-likeness (QED) is 0.569. The maximum Gasteiger partial charge on any atom is 0.397 e. The summed E-state index contributed by atoms with van der Waals surface area (Å²) in [6.07, 6.45) is 0. The number of aromatic nitrogens is 1. The molecule has 0 saturated heterocycles. The van der Waals surface area contributed by atoms with Crippen LogP contribution in [0.5, 0.6) is 0 Å². The molecule has 0 aliphatic rings. The van der Waals surface area contributed by atoms with Crippen molar-refractivity contribution in [3.63, 3.8) is 0 Å². The Morgan fingerprint density at radius 1 is 1.38 bits per heavy atom. The van der Waals surface area contributed by atoms with Gasteiger partial charge in [-0.05, 0) is 12.1 Å². The van der Waals surface area contributed by atoms with Gasteiger partial charge in [0.1, 0.15) is 11.4 Å². The van der Waals surface area contributed by atoms with Crippen molar-refractivity contribution in [2.24, 2.45) is 0 Å². The first-order chi connectivity index (χ1) is 7.52. The van der Waals surface area contributed by atoms with E-state index in [4.69, 9.17) is 16.0 Å². The van der Waals surface area contributed by atoms with Crippen LogP contribution in [0, 0.1) is 24.9 Å². The number of oxazole rings is 1. The van der Waals surface area contributed by atoms with Gasteiger partial charge < -0.3 is 9.62 Å². The van der Waals surface area contributed by atoms with E-state index in [1.165, 1.54) is 18.2 Å². The van der Waals surface area contributed by atoms with E-state index in [1.807, 2.05) is 0 Å². The third-order valence-corrected chi connectivity index (χ3v) is 2.74. The van der Waals surface area contributed by atoms with Crippen molar-refractivity contribution in [3.8, 4) is 11.5 Å². The van der Waals surface area contributed by atoms with Crippen LogP contribution in [0.2, 0.25) is 5.02 Å². The summed E-state index contributed by atoms with van der Waals surface area (Å²) in [6, 6.07) is 4.21. The number of aryl methyl sites for hydroxylation is 1. The number of nitrogens with zero attached hydrogens (tertiary/aromatic N) is 1. The molecular weight excluding hydrogens is 233 g/mol. The molecule has 16 heavy (non-hydrogen) atoms. The molecule has 0 aliphatic heterocycles. The second-order valence-corrected chi connectivity index (χ2v) is 3.85. The third-order valence-electron chi connectivity index (χ3n) is 2.42. The fourth-order valence-corrected chi connectivity index (χ4v) is 1.65. The SMILES string of the molecule is Cc1oc(-c2c(F)cccc2Cl)[n+]([O-])c1C. The summed E-state index contributed by atoms with van der Waals surface area (Å²) in [7, 11) is 0. The molecule has 5 heteroatoms. The number of hydrogen-bond donors (Lipinski definition) is 0. The first-order valence-electron chi connectivity index (χ1n) is 4.66. The summed E-state index contributed by atoms with van der Waals surface area (Å²) in [5.41, 5.74) is 0.393. The predicted octanol–water partition coefficient (Wildman–Crippen LogP) is 2.99. The van der Waals surface area contributed by atoms with Gasteiger partial charge in [-0.15, -0.1) is 4.73 Å². The molecule has 0 bridgehead atoms. The van der Waals surface area contributed by atoms with Crippen molar-refractivity contribution in [1.29, 1.82) is 0 Å². The number of halogens is 2. The van der Waals surface area contributed by atoms with Crippen molar-refractivity contribution >= 4 is 11.6 Å². The highest BCUT2D eigenvalue weighted by atomic mass is 35.5. The lowest BCUT2D eigenvalue weighted by molar-refractivity contribution is -0.603. The molecule has 3 nitrogen and oxygen atoms in total. The van der Waals surface area contributed by atoms with Crippen LogP contribution in [0.3, 0.4) is 0 Å². The Hall–Kier alpha value is -1.55. The van der Waals surface area contributed by atoms with E-state index in [-0.39, 0.29) is 16.5 Å². The highest BCUT2D eigenvalue weighted by molar-refractivity contribution is 6.33. The fraction of sp³-hybridized carbons (Fsp3) is 0.182. The Balaban J connectivity index is 2.72. The molecule has 0 radical (unpaired) electrons. The van der Waals surface area contributed by atoms with E-state index >= 15 is 0 Å². The van der Waals surface area contributed by atoms with Crippen molar-refractivity contribution in [3.05, 3.63) is 45.7 Å². The van der Waals surface area contributed by atoms with Gasteiger partial charge in [0.15, 0.2) is 5.76 Å². The largest absolute Gasteiger partial charge is 0.616 e. The molecule has 1 aromatic heterocycles. The van der Waals surface area contributed by atoms with Crippen LogP contribution in [0.25, 0.3) is 11.5 Å². The van der Waals surface area contributed by atoms with Crippen LogP contribution in [0.15, 0.2) is 22.6 Å². The molecule has 1 heterocycles. The van der Waals surface area contributed by atoms with Gasteiger partial charge in [0, 0.05) is 13.8 Å².